The van der Waals surface area contributed by atoms with E-state index in [0.29, 0.717) is 17.5 Å². The Hall–Kier alpha value is -7.43. The van der Waals surface area contributed by atoms with Crippen LogP contribution in [0.15, 0.2) is 192 Å². The average molecular weight is 702 g/mol. The molecule has 0 fully saturated rings. The molecule has 0 saturated heterocycles. The Morgan fingerprint density at radius 1 is 0.309 bits per heavy atom. The molecule has 0 saturated carbocycles. The third-order valence-electron chi connectivity index (χ3n) is 10.7. The topological polar surface area (TPSA) is 51.8 Å². The Balaban J connectivity index is 1.16. The molecular weight excluding hydrogens is 671 g/mol. The van der Waals surface area contributed by atoms with Gasteiger partial charge in [-0.25, -0.2) is 15.0 Å². The standard InChI is InChI=1S/C51H31N3O/c1-3-14-33(15-4-1)39-26-28-43(47-46-38-20-10-9-16-34(38)25-30-45(46)55-48(39)47)42-27-29-44(41-22-12-11-21-40(41)42)51-53-49(35-17-5-2-6-18-35)52-50(54-51)37-24-23-32-13-7-8-19-36(32)31-37/h1-31H. The lowest BCUT2D eigenvalue weighted by molar-refractivity contribution is 0.670. The van der Waals surface area contributed by atoms with Gasteiger partial charge in [0.25, 0.3) is 0 Å². The largest absolute Gasteiger partial charge is 0.455 e. The van der Waals surface area contributed by atoms with Crippen LogP contribution in [0.25, 0.3) is 111 Å². The summed E-state index contributed by atoms with van der Waals surface area (Å²) in [5.41, 5.74) is 9.01. The van der Waals surface area contributed by atoms with Crippen LogP contribution >= 0.6 is 0 Å². The van der Waals surface area contributed by atoms with Crippen molar-refractivity contribution < 1.29 is 4.42 Å². The van der Waals surface area contributed by atoms with Gasteiger partial charge in [0.05, 0.1) is 0 Å². The van der Waals surface area contributed by atoms with E-state index in [0.717, 1.165) is 77.0 Å². The molecular formula is C51H31N3O. The van der Waals surface area contributed by atoms with Gasteiger partial charge >= 0.3 is 0 Å². The molecule has 4 nitrogen and oxygen atoms in total. The number of nitrogens with zero attached hydrogens (tertiary/aromatic N) is 3. The summed E-state index contributed by atoms with van der Waals surface area (Å²) < 4.78 is 6.82. The number of benzene rings is 9. The van der Waals surface area contributed by atoms with Gasteiger partial charge in [-0.3, -0.25) is 0 Å². The molecule has 11 aromatic rings. The third kappa shape index (κ3) is 5.19. The number of furan rings is 1. The van der Waals surface area contributed by atoms with E-state index in [-0.39, 0.29) is 0 Å². The number of rotatable bonds is 5. The molecule has 0 spiro atoms. The lowest BCUT2D eigenvalue weighted by Gasteiger charge is -2.15. The summed E-state index contributed by atoms with van der Waals surface area (Å²) in [6, 6.07) is 65.7. The summed E-state index contributed by atoms with van der Waals surface area (Å²) in [5, 5.41) is 9.07. The highest BCUT2D eigenvalue weighted by Crippen LogP contribution is 2.46. The first-order valence-electron chi connectivity index (χ1n) is 18.5. The second-order valence-electron chi connectivity index (χ2n) is 13.9. The van der Waals surface area contributed by atoms with E-state index in [2.05, 4.69) is 158 Å². The zero-order valence-corrected chi connectivity index (χ0v) is 29.6. The maximum Gasteiger partial charge on any atom is 0.164 e. The van der Waals surface area contributed by atoms with Gasteiger partial charge in [0, 0.05) is 33.0 Å². The first kappa shape index (κ1) is 31.1. The minimum absolute atomic E-state index is 0.629. The molecule has 0 aliphatic rings. The molecule has 2 aromatic heterocycles. The molecule has 0 aliphatic carbocycles. The lowest BCUT2D eigenvalue weighted by Crippen LogP contribution is -2.01. The van der Waals surface area contributed by atoms with Crippen molar-refractivity contribution in [2.24, 2.45) is 0 Å². The summed E-state index contributed by atoms with van der Waals surface area (Å²) in [5.74, 6) is 1.90. The van der Waals surface area contributed by atoms with E-state index < -0.39 is 0 Å². The molecule has 0 bridgehead atoms. The van der Waals surface area contributed by atoms with Crippen molar-refractivity contribution in [2.45, 2.75) is 0 Å². The van der Waals surface area contributed by atoms with Crippen LogP contribution in [0.2, 0.25) is 0 Å². The van der Waals surface area contributed by atoms with E-state index in [9.17, 15) is 0 Å². The van der Waals surface area contributed by atoms with Crippen LogP contribution in [0.1, 0.15) is 0 Å². The molecule has 0 N–H and O–H groups in total. The lowest BCUT2D eigenvalue weighted by atomic mass is 9.89. The molecule has 0 unspecified atom stereocenters. The average Bonchev–Trinajstić information content (AvgIpc) is 3.67. The van der Waals surface area contributed by atoms with Gasteiger partial charge in [0.2, 0.25) is 0 Å². The van der Waals surface area contributed by atoms with Gasteiger partial charge in [-0.2, -0.15) is 0 Å². The molecule has 55 heavy (non-hydrogen) atoms. The molecule has 0 aliphatic heterocycles. The second kappa shape index (κ2) is 12.6. The fourth-order valence-electron chi connectivity index (χ4n) is 8.11. The van der Waals surface area contributed by atoms with Crippen LogP contribution in [-0.2, 0) is 0 Å². The van der Waals surface area contributed by atoms with E-state index in [1.54, 1.807) is 0 Å². The summed E-state index contributed by atoms with van der Waals surface area (Å²) in [4.78, 5) is 15.4. The molecule has 0 amide bonds. The van der Waals surface area contributed by atoms with Crippen LogP contribution in [0.3, 0.4) is 0 Å². The quantitative estimate of drug-likeness (QED) is 0.179. The van der Waals surface area contributed by atoms with E-state index in [1.165, 1.54) is 16.2 Å². The Morgan fingerprint density at radius 2 is 0.855 bits per heavy atom. The Bertz CT molecular complexity index is 3260. The first-order valence-corrected chi connectivity index (χ1v) is 18.5. The first-order chi connectivity index (χ1) is 27.3. The van der Waals surface area contributed by atoms with Crippen molar-refractivity contribution in [1.29, 1.82) is 0 Å². The highest BCUT2D eigenvalue weighted by Gasteiger charge is 2.22. The number of aromatic nitrogens is 3. The van der Waals surface area contributed by atoms with Crippen molar-refractivity contribution in [2.75, 3.05) is 0 Å². The fraction of sp³-hybridized carbons (Fsp3) is 0. The van der Waals surface area contributed by atoms with Crippen molar-refractivity contribution >= 4 is 54.3 Å². The maximum absolute atomic E-state index is 6.82. The molecule has 2 heterocycles. The zero-order chi connectivity index (χ0) is 36.3. The Kier molecular flexibility index (Phi) is 7.14. The summed E-state index contributed by atoms with van der Waals surface area (Å²) >= 11 is 0. The van der Waals surface area contributed by atoms with Gasteiger partial charge in [-0.05, 0) is 73.3 Å². The highest BCUT2D eigenvalue weighted by atomic mass is 16.3. The van der Waals surface area contributed by atoms with Gasteiger partial charge < -0.3 is 4.42 Å². The van der Waals surface area contributed by atoms with Crippen LogP contribution in [0, 0.1) is 0 Å². The van der Waals surface area contributed by atoms with Crippen molar-refractivity contribution in [3.05, 3.63) is 188 Å². The number of hydrogen-bond donors (Lipinski definition) is 0. The zero-order valence-electron chi connectivity index (χ0n) is 29.6. The van der Waals surface area contributed by atoms with Crippen molar-refractivity contribution in [3.63, 3.8) is 0 Å². The smallest absolute Gasteiger partial charge is 0.164 e. The Morgan fingerprint density at radius 3 is 1.64 bits per heavy atom. The molecule has 0 atom stereocenters. The normalized spacial score (nSPS) is 11.6. The highest BCUT2D eigenvalue weighted by molar-refractivity contribution is 6.26. The van der Waals surface area contributed by atoms with Crippen molar-refractivity contribution in [1.82, 2.24) is 15.0 Å². The van der Waals surface area contributed by atoms with Crippen LogP contribution in [-0.4, -0.2) is 15.0 Å². The molecule has 11 rings (SSSR count). The SMILES string of the molecule is c1ccc(-c2nc(-c3ccc4ccccc4c3)nc(-c3ccc(-c4ccc(-c5ccccc5)c5oc6ccc7ccccc7c6c45)c4ccccc34)n2)cc1. The van der Waals surface area contributed by atoms with Crippen molar-refractivity contribution in [3.8, 4) is 56.4 Å². The second-order valence-corrected chi connectivity index (χ2v) is 13.9. The predicted molar refractivity (Wildman–Crippen MR) is 227 cm³/mol. The number of fused-ring (bicyclic) bond motifs is 7. The fourth-order valence-corrected chi connectivity index (χ4v) is 8.11. The molecule has 256 valence electrons. The third-order valence-corrected chi connectivity index (χ3v) is 10.7. The van der Waals surface area contributed by atoms with Gasteiger partial charge in [0.1, 0.15) is 11.2 Å². The minimum Gasteiger partial charge on any atom is -0.455 e. The predicted octanol–water partition coefficient (Wildman–Crippen LogP) is 13.6. The summed E-state index contributed by atoms with van der Waals surface area (Å²) in [7, 11) is 0. The van der Waals surface area contributed by atoms with E-state index in [4.69, 9.17) is 19.4 Å². The Labute approximate surface area is 317 Å². The number of hydrogen-bond acceptors (Lipinski definition) is 4. The summed E-state index contributed by atoms with van der Waals surface area (Å²) in [6.07, 6.45) is 0. The molecule has 9 aromatic carbocycles. The van der Waals surface area contributed by atoms with Gasteiger partial charge in [-0.1, -0.05) is 164 Å². The molecule has 0 radical (unpaired) electrons. The summed E-state index contributed by atoms with van der Waals surface area (Å²) in [6.45, 7) is 0. The monoisotopic (exact) mass is 701 g/mol. The van der Waals surface area contributed by atoms with Gasteiger partial charge in [0.15, 0.2) is 17.5 Å². The minimum atomic E-state index is 0.629. The van der Waals surface area contributed by atoms with Crippen LogP contribution in [0.5, 0.6) is 0 Å². The van der Waals surface area contributed by atoms with Gasteiger partial charge in [-0.15, -0.1) is 0 Å². The van der Waals surface area contributed by atoms with Crippen LogP contribution in [0.4, 0.5) is 0 Å². The van der Waals surface area contributed by atoms with Crippen LogP contribution < -0.4 is 0 Å². The van der Waals surface area contributed by atoms with E-state index in [1.807, 2.05) is 30.3 Å². The maximum atomic E-state index is 6.82. The molecule has 4 heteroatoms. The van der Waals surface area contributed by atoms with E-state index >= 15 is 0 Å².